The van der Waals surface area contributed by atoms with E-state index < -0.39 is 0 Å². The average molecular weight is 294 g/mol. The minimum absolute atomic E-state index is 0.0711. The van der Waals surface area contributed by atoms with Crippen LogP contribution in [0.5, 0.6) is 0 Å². The lowest BCUT2D eigenvalue weighted by molar-refractivity contribution is -0.134. The molecule has 1 saturated carbocycles. The Bertz CT molecular complexity index is 415. The molecule has 0 N–H and O–H groups in total. The smallest absolute Gasteiger partial charge is 0.233 e. The first-order chi connectivity index (χ1) is 9.59. The van der Waals surface area contributed by atoms with Crippen molar-refractivity contribution in [2.75, 3.05) is 5.75 Å². The van der Waals surface area contributed by atoms with Crippen LogP contribution < -0.4 is 0 Å². The van der Waals surface area contributed by atoms with E-state index in [4.69, 9.17) is 4.99 Å². The van der Waals surface area contributed by atoms with E-state index in [9.17, 15) is 4.79 Å². The molecule has 20 heavy (non-hydrogen) atoms. The summed E-state index contributed by atoms with van der Waals surface area (Å²) in [7, 11) is 0. The summed E-state index contributed by atoms with van der Waals surface area (Å²) in [6.07, 6.45) is 6.52. The Labute approximate surface area is 126 Å². The van der Waals surface area contributed by atoms with Crippen LogP contribution in [0.25, 0.3) is 0 Å². The molecule has 3 nitrogen and oxygen atoms in total. The van der Waals surface area contributed by atoms with Crippen LogP contribution in [0.1, 0.15) is 52.9 Å². The van der Waals surface area contributed by atoms with Crippen molar-refractivity contribution in [3.8, 4) is 0 Å². The fourth-order valence-corrected chi connectivity index (χ4v) is 5.30. The van der Waals surface area contributed by atoms with E-state index in [1.165, 1.54) is 32.1 Å². The first-order valence-corrected chi connectivity index (χ1v) is 9.12. The summed E-state index contributed by atoms with van der Waals surface area (Å²) < 4.78 is 0. The fourth-order valence-electron chi connectivity index (χ4n) is 3.89. The zero-order valence-electron chi connectivity index (χ0n) is 12.8. The number of aliphatic imine (C=N–C) groups is 1. The SMILES string of the molecule is CC(C)[C@H]1CSC2=N[C@H](C3CCCCC3)[C@@H](C)C(=O)N21. The predicted molar refractivity (Wildman–Crippen MR) is 84.9 cm³/mol. The molecule has 1 saturated heterocycles. The van der Waals surface area contributed by atoms with Crippen LogP contribution in [0, 0.1) is 17.8 Å². The van der Waals surface area contributed by atoms with Gasteiger partial charge < -0.3 is 0 Å². The molecular formula is C16H26N2OS. The fraction of sp³-hybridized carbons (Fsp3) is 0.875. The van der Waals surface area contributed by atoms with E-state index >= 15 is 0 Å². The molecule has 0 spiro atoms. The predicted octanol–water partition coefficient (Wildman–Crippen LogP) is 3.54. The average Bonchev–Trinajstić information content (AvgIpc) is 2.88. The Balaban J connectivity index is 1.84. The molecule has 4 heteroatoms. The summed E-state index contributed by atoms with van der Waals surface area (Å²) in [4.78, 5) is 19.8. The van der Waals surface area contributed by atoms with E-state index in [-0.39, 0.29) is 12.0 Å². The first kappa shape index (κ1) is 14.4. The van der Waals surface area contributed by atoms with Crippen molar-refractivity contribution in [3.63, 3.8) is 0 Å². The lowest BCUT2D eigenvalue weighted by Gasteiger charge is -2.39. The lowest BCUT2D eigenvalue weighted by Crippen LogP contribution is -2.51. The molecule has 1 aliphatic carbocycles. The molecule has 1 amide bonds. The van der Waals surface area contributed by atoms with Crippen LogP contribution in [0.2, 0.25) is 0 Å². The van der Waals surface area contributed by atoms with Crippen LogP contribution >= 0.6 is 11.8 Å². The zero-order chi connectivity index (χ0) is 14.3. The Hall–Kier alpha value is -0.510. The molecule has 0 aromatic carbocycles. The van der Waals surface area contributed by atoms with Crippen LogP contribution in [0.3, 0.4) is 0 Å². The van der Waals surface area contributed by atoms with Gasteiger partial charge in [-0.1, -0.05) is 51.8 Å². The maximum absolute atomic E-state index is 12.8. The second-order valence-corrected chi connectivity index (χ2v) is 7.91. The van der Waals surface area contributed by atoms with Crippen molar-refractivity contribution in [3.05, 3.63) is 0 Å². The Kier molecular flexibility index (Phi) is 4.11. The highest BCUT2D eigenvalue weighted by molar-refractivity contribution is 8.14. The second kappa shape index (κ2) is 5.70. The maximum atomic E-state index is 12.8. The molecule has 0 unspecified atom stereocenters. The van der Waals surface area contributed by atoms with Crippen molar-refractivity contribution < 1.29 is 4.79 Å². The van der Waals surface area contributed by atoms with Gasteiger partial charge in [0, 0.05) is 5.75 Å². The third-order valence-corrected chi connectivity index (χ3v) is 6.29. The van der Waals surface area contributed by atoms with Gasteiger partial charge in [-0.2, -0.15) is 0 Å². The molecule has 112 valence electrons. The van der Waals surface area contributed by atoms with E-state index in [1.807, 2.05) is 4.90 Å². The number of fused-ring (bicyclic) bond motifs is 1. The zero-order valence-corrected chi connectivity index (χ0v) is 13.7. The standard InChI is InChI=1S/C16H26N2OS/c1-10(2)13-9-20-16-17-14(11(3)15(19)18(13)16)12-7-5-4-6-8-12/h10-14H,4-9H2,1-3H3/t11-,13-,14+/m1/s1. The summed E-state index contributed by atoms with van der Waals surface area (Å²) in [5.74, 6) is 2.57. The number of amidine groups is 1. The number of carbonyl (C=O) groups excluding carboxylic acids is 1. The first-order valence-electron chi connectivity index (χ1n) is 8.13. The van der Waals surface area contributed by atoms with Crippen LogP contribution in [-0.2, 0) is 4.79 Å². The van der Waals surface area contributed by atoms with Gasteiger partial charge in [0.1, 0.15) is 0 Å². The molecular weight excluding hydrogens is 268 g/mol. The molecule has 3 rings (SSSR count). The Morgan fingerprint density at radius 1 is 1.25 bits per heavy atom. The van der Waals surface area contributed by atoms with Gasteiger partial charge in [0.25, 0.3) is 0 Å². The molecule has 0 aromatic rings. The van der Waals surface area contributed by atoms with E-state index in [1.54, 1.807) is 11.8 Å². The van der Waals surface area contributed by atoms with Gasteiger partial charge in [-0.05, 0) is 24.7 Å². The molecule has 3 aliphatic rings. The van der Waals surface area contributed by atoms with Crippen molar-refractivity contribution in [1.82, 2.24) is 4.90 Å². The minimum Gasteiger partial charge on any atom is -0.287 e. The van der Waals surface area contributed by atoms with E-state index in [0.29, 0.717) is 23.8 Å². The van der Waals surface area contributed by atoms with Crippen molar-refractivity contribution in [1.29, 1.82) is 0 Å². The quantitative estimate of drug-likeness (QED) is 0.780. The monoisotopic (exact) mass is 294 g/mol. The third kappa shape index (κ3) is 2.40. The van der Waals surface area contributed by atoms with Gasteiger partial charge in [0.05, 0.1) is 18.0 Å². The van der Waals surface area contributed by atoms with Gasteiger partial charge in [0.15, 0.2) is 5.17 Å². The molecule has 0 aromatic heterocycles. The summed E-state index contributed by atoms with van der Waals surface area (Å²) >= 11 is 1.79. The third-order valence-electron chi connectivity index (χ3n) is 5.22. The van der Waals surface area contributed by atoms with Crippen molar-refractivity contribution >= 4 is 22.8 Å². The van der Waals surface area contributed by atoms with Gasteiger partial charge in [0.2, 0.25) is 5.91 Å². The van der Waals surface area contributed by atoms with Crippen LogP contribution in [0.15, 0.2) is 4.99 Å². The Morgan fingerprint density at radius 2 is 1.95 bits per heavy atom. The lowest BCUT2D eigenvalue weighted by atomic mass is 9.78. The normalized spacial score (nSPS) is 35.4. The molecule has 2 heterocycles. The van der Waals surface area contributed by atoms with Crippen molar-refractivity contribution in [2.24, 2.45) is 22.7 Å². The van der Waals surface area contributed by atoms with Gasteiger partial charge in [-0.3, -0.25) is 14.7 Å². The number of carbonyl (C=O) groups is 1. The summed E-state index contributed by atoms with van der Waals surface area (Å²) in [5.41, 5.74) is 0. The van der Waals surface area contributed by atoms with Crippen molar-refractivity contribution in [2.45, 2.75) is 65.0 Å². The molecule has 0 bridgehead atoms. The highest BCUT2D eigenvalue weighted by atomic mass is 32.2. The maximum Gasteiger partial charge on any atom is 0.233 e. The van der Waals surface area contributed by atoms with Crippen LogP contribution in [-0.4, -0.2) is 33.8 Å². The number of nitrogens with zero attached hydrogens (tertiary/aromatic N) is 2. The topological polar surface area (TPSA) is 32.7 Å². The Morgan fingerprint density at radius 3 is 2.60 bits per heavy atom. The van der Waals surface area contributed by atoms with Gasteiger partial charge >= 0.3 is 0 Å². The van der Waals surface area contributed by atoms with E-state index in [2.05, 4.69) is 20.8 Å². The van der Waals surface area contributed by atoms with Gasteiger partial charge in [-0.15, -0.1) is 0 Å². The number of hydrogen-bond donors (Lipinski definition) is 0. The molecule has 2 fully saturated rings. The number of rotatable bonds is 2. The number of hydrogen-bond acceptors (Lipinski definition) is 3. The van der Waals surface area contributed by atoms with Crippen LogP contribution in [0.4, 0.5) is 0 Å². The summed E-state index contributed by atoms with van der Waals surface area (Å²) in [6, 6.07) is 0.591. The highest BCUT2D eigenvalue weighted by Gasteiger charge is 2.45. The number of thioether (sulfide) groups is 1. The molecule has 2 aliphatic heterocycles. The van der Waals surface area contributed by atoms with E-state index in [0.717, 1.165) is 10.9 Å². The van der Waals surface area contributed by atoms with Gasteiger partial charge in [-0.25, -0.2) is 0 Å². The number of amides is 1. The summed E-state index contributed by atoms with van der Waals surface area (Å²) in [6.45, 7) is 6.51. The summed E-state index contributed by atoms with van der Waals surface area (Å²) in [5, 5.41) is 1.02. The molecule has 3 atom stereocenters. The highest BCUT2D eigenvalue weighted by Crippen LogP contribution is 2.39. The minimum atomic E-state index is 0.0711. The largest absolute Gasteiger partial charge is 0.287 e. The molecule has 0 radical (unpaired) electrons. The second-order valence-electron chi connectivity index (χ2n) is 6.92.